The lowest BCUT2D eigenvalue weighted by Gasteiger charge is -1.91. The molecule has 0 fully saturated rings. The first-order valence-electron chi connectivity index (χ1n) is 3.77. The highest BCUT2D eigenvalue weighted by molar-refractivity contribution is 7.84. The maximum Gasteiger partial charge on any atom is 0.0624 e. The number of nitrogens with two attached hydrogens (primary N) is 1. The van der Waals surface area contributed by atoms with Crippen molar-refractivity contribution in [1.29, 1.82) is 0 Å². The molecule has 0 saturated carbocycles. The van der Waals surface area contributed by atoms with Crippen molar-refractivity contribution in [3.05, 3.63) is 52.0 Å². The highest BCUT2D eigenvalue weighted by atomic mass is 35.5. The molecule has 0 saturated heterocycles. The molecule has 0 atom stereocenters. The van der Waals surface area contributed by atoms with Crippen LogP contribution in [0.3, 0.4) is 0 Å². The number of allylic oxidation sites excluding steroid dienone is 2. The predicted octanol–water partition coefficient (Wildman–Crippen LogP) is 3.08. The summed E-state index contributed by atoms with van der Waals surface area (Å²) in [6.45, 7) is 0. The smallest absolute Gasteiger partial charge is 0.0624 e. The third-order valence-corrected chi connectivity index (χ3v) is 1.83. The number of hydrogen-bond acceptors (Lipinski definition) is 2. The van der Waals surface area contributed by atoms with Crippen LogP contribution in [0.4, 0.5) is 0 Å². The Kier molecular flexibility index (Phi) is 3.93. The van der Waals surface area contributed by atoms with Gasteiger partial charge >= 0.3 is 0 Å². The van der Waals surface area contributed by atoms with Crippen molar-refractivity contribution in [2.75, 3.05) is 0 Å². The van der Waals surface area contributed by atoms with Gasteiger partial charge in [-0.25, -0.2) is 0 Å². The van der Waals surface area contributed by atoms with E-state index < -0.39 is 0 Å². The van der Waals surface area contributed by atoms with Gasteiger partial charge in [0.2, 0.25) is 0 Å². The Morgan fingerprint density at radius 2 is 1.92 bits per heavy atom. The topological polar surface area (TPSA) is 26.0 Å². The van der Waals surface area contributed by atoms with Crippen LogP contribution < -0.4 is 5.73 Å². The largest absolute Gasteiger partial charge is 0.394 e. The minimum absolute atomic E-state index is 0.491. The minimum atomic E-state index is 0.491. The molecule has 1 aromatic rings. The Hall–Kier alpha value is -0.860. The number of benzene rings is 1. The second-order valence-electron chi connectivity index (χ2n) is 2.50. The fourth-order valence-corrected chi connectivity index (χ4v) is 1.04. The zero-order valence-electron chi connectivity index (χ0n) is 6.94. The molecule has 0 amide bonds. The second kappa shape index (κ2) is 5.00. The van der Waals surface area contributed by atoms with Gasteiger partial charge in [0, 0.05) is 5.02 Å². The molecule has 0 aliphatic carbocycles. The molecule has 68 valence electrons. The second-order valence-corrected chi connectivity index (χ2v) is 3.46. The van der Waals surface area contributed by atoms with Crippen LogP contribution >= 0.6 is 24.2 Å². The summed E-state index contributed by atoms with van der Waals surface area (Å²) in [6, 6.07) is 7.55. The molecule has 0 spiro atoms. The van der Waals surface area contributed by atoms with E-state index in [0.29, 0.717) is 5.03 Å². The highest BCUT2D eigenvalue weighted by Crippen LogP contribution is 2.10. The molecule has 1 aromatic carbocycles. The van der Waals surface area contributed by atoms with E-state index in [1.54, 1.807) is 6.08 Å². The SMILES string of the molecule is N/C(S)=C/C=C/c1ccc(Cl)cc1. The van der Waals surface area contributed by atoms with E-state index in [2.05, 4.69) is 12.6 Å². The van der Waals surface area contributed by atoms with Crippen LogP contribution in [0.2, 0.25) is 5.02 Å². The Bertz CT molecular complexity index is 323. The van der Waals surface area contributed by atoms with Gasteiger partial charge in [0.15, 0.2) is 0 Å². The van der Waals surface area contributed by atoms with Gasteiger partial charge in [-0.3, -0.25) is 0 Å². The Morgan fingerprint density at radius 1 is 1.31 bits per heavy atom. The summed E-state index contributed by atoms with van der Waals surface area (Å²) in [5.74, 6) is 0. The third kappa shape index (κ3) is 4.06. The van der Waals surface area contributed by atoms with Crippen molar-refractivity contribution in [1.82, 2.24) is 0 Å². The van der Waals surface area contributed by atoms with Gasteiger partial charge in [0.25, 0.3) is 0 Å². The summed E-state index contributed by atoms with van der Waals surface area (Å²) >= 11 is 9.66. The summed E-state index contributed by atoms with van der Waals surface area (Å²) < 4.78 is 0. The zero-order chi connectivity index (χ0) is 9.68. The lowest BCUT2D eigenvalue weighted by atomic mass is 10.2. The minimum Gasteiger partial charge on any atom is -0.394 e. The quantitative estimate of drug-likeness (QED) is 0.571. The van der Waals surface area contributed by atoms with E-state index in [9.17, 15) is 0 Å². The fourth-order valence-electron chi connectivity index (χ4n) is 0.832. The van der Waals surface area contributed by atoms with Crippen LogP contribution in [-0.4, -0.2) is 0 Å². The first-order valence-corrected chi connectivity index (χ1v) is 4.59. The zero-order valence-corrected chi connectivity index (χ0v) is 8.59. The molecule has 0 bridgehead atoms. The van der Waals surface area contributed by atoms with Crippen LogP contribution in [0.1, 0.15) is 5.56 Å². The van der Waals surface area contributed by atoms with Crippen molar-refractivity contribution in [2.24, 2.45) is 5.73 Å². The number of rotatable bonds is 2. The van der Waals surface area contributed by atoms with Crippen LogP contribution in [0.25, 0.3) is 6.08 Å². The Labute approximate surface area is 88.3 Å². The van der Waals surface area contributed by atoms with Gasteiger partial charge in [-0.15, -0.1) is 12.6 Å². The van der Waals surface area contributed by atoms with Gasteiger partial charge in [-0.2, -0.15) is 0 Å². The molecule has 13 heavy (non-hydrogen) atoms. The Balaban J connectivity index is 2.70. The van der Waals surface area contributed by atoms with E-state index in [-0.39, 0.29) is 0 Å². The average Bonchev–Trinajstić information content (AvgIpc) is 2.08. The van der Waals surface area contributed by atoms with Crippen molar-refractivity contribution >= 4 is 30.3 Å². The standard InChI is InChI=1S/C10H10ClNS/c11-9-6-4-8(5-7-9)2-1-3-10(12)13/h1-7,13H,12H2/b2-1+,10-3-. The molecule has 0 aliphatic heterocycles. The summed E-state index contributed by atoms with van der Waals surface area (Å²) in [5.41, 5.74) is 6.41. The van der Waals surface area contributed by atoms with E-state index in [1.165, 1.54) is 0 Å². The monoisotopic (exact) mass is 211 g/mol. The maximum absolute atomic E-state index is 5.73. The van der Waals surface area contributed by atoms with E-state index in [0.717, 1.165) is 10.6 Å². The summed E-state index contributed by atoms with van der Waals surface area (Å²) in [6.07, 6.45) is 5.49. The average molecular weight is 212 g/mol. The van der Waals surface area contributed by atoms with Gasteiger partial charge in [0.1, 0.15) is 0 Å². The van der Waals surface area contributed by atoms with Crippen molar-refractivity contribution < 1.29 is 0 Å². The van der Waals surface area contributed by atoms with Gasteiger partial charge in [-0.1, -0.05) is 35.9 Å². The number of halogens is 1. The van der Waals surface area contributed by atoms with Crippen LogP contribution in [0.5, 0.6) is 0 Å². The van der Waals surface area contributed by atoms with Gasteiger partial charge in [-0.05, 0) is 23.8 Å². The molecule has 0 aromatic heterocycles. The molecule has 3 heteroatoms. The fraction of sp³-hybridized carbons (Fsp3) is 0. The predicted molar refractivity (Wildman–Crippen MR) is 61.7 cm³/mol. The van der Waals surface area contributed by atoms with E-state index >= 15 is 0 Å². The van der Waals surface area contributed by atoms with Crippen LogP contribution in [0, 0.1) is 0 Å². The molecule has 0 unspecified atom stereocenters. The summed E-state index contributed by atoms with van der Waals surface area (Å²) in [7, 11) is 0. The van der Waals surface area contributed by atoms with Crippen molar-refractivity contribution in [2.45, 2.75) is 0 Å². The number of thiol groups is 1. The molecular weight excluding hydrogens is 202 g/mol. The van der Waals surface area contributed by atoms with Gasteiger partial charge < -0.3 is 5.73 Å². The first-order chi connectivity index (χ1) is 6.18. The lowest BCUT2D eigenvalue weighted by molar-refractivity contribution is 1.56. The molecule has 2 N–H and O–H groups in total. The normalized spacial score (nSPS) is 12.3. The van der Waals surface area contributed by atoms with Gasteiger partial charge in [0.05, 0.1) is 5.03 Å². The molecular formula is C10H10ClNS. The molecule has 0 heterocycles. The maximum atomic E-state index is 5.73. The molecule has 0 aliphatic rings. The van der Waals surface area contributed by atoms with Crippen molar-refractivity contribution in [3.63, 3.8) is 0 Å². The van der Waals surface area contributed by atoms with E-state index in [4.69, 9.17) is 17.3 Å². The van der Waals surface area contributed by atoms with E-state index in [1.807, 2.05) is 36.4 Å². The molecule has 1 nitrogen and oxygen atoms in total. The third-order valence-electron chi connectivity index (χ3n) is 1.43. The number of hydrogen-bond donors (Lipinski definition) is 2. The highest BCUT2D eigenvalue weighted by Gasteiger charge is 1.86. The first kappa shape index (κ1) is 10.2. The van der Waals surface area contributed by atoms with Crippen molar-refractivity contribution in [3.8, 4) is 0 Å². The lowest BCUT2D eigenvalue weighted by Crippen LogP contribution is -1.84. The Morgan fingerprint density at radius 3 is 2.46 bits per heavy atom. The summed E-state index contributed by atoms with van der Waals surface area (Å²) in [5, 5.41) is 1.23. The van der Waals surface area contributed by atoms with Crippen LogP contribution in [-0.2, 0) is 0 Å². The molecule has 0 radical (unpaired) electrons. The van der Waals surface area contributed by atoms with Crippen LogP contribution in [0.15, 0.2) is 41.4 Å². The molecule has 1 rings (SSSR count). The summed E-state index contributed by atoms with van der Waals surface area (Å²) in [4.78, 5) is 0.